The Morgan fingerprint density at radius 1 is 1.24 bits per heavy atom. The Bertz CT molecular complexity index is 1600. The molecule has 33 heavy (non-hydrogen) atoms. The third-order valence-corrected chi connectivity index (χ3v) is 7.93. The maximum atomic E-state index is 12.7. The minimum absolute atomic E-state index is 0.0781. The van der Waals surface area contributed by atoms with Crippen molar-refractivity contribution in [3.63, 3.8) is 0 Å². The molecule has 0 unspecified atom stereocenters. The number of thiazole rings is 1. The summed E-state index contributed by atoms with van der Waals surface area (Å²) in [4.78, 5) is 33.1. The van der Waals surface area contributed by atoms with Gasteiger partial charge in [-0.05, 0) is 53.2 Å². The number of para-hydroxylation sites is 1. The van der Waals surface area contributed by atoms with Crippen molar-refractivity contribution in [3.8, 4) is 5.88 Å². The van der Waals surface area contributed by atoms with Crippen LogP contribution in [0.25, 0.3) is 5.57 Å². The Labute approximate surface area is 200 Å². The van der Waals surface area contributed by atoms with Crippen LogP contribution in [-0.2, 0) is 26.2 Å². The summed E-state index contributed by atoms with van der Waals surface area (Å²) < 4.78 is 28.4. The smallest absolute Gasteiger partial charge is 0.279 e. The van der Waals surface area contributed by atoms with Crippen molar-refractivity contribution in [1.29, 1.82) is 0 Å². The van der Waals surface area contributed by atoms with Crippen LogP contribution in [0.5, 0.6) is 5.88 Å². The zero-order chi connectivity index (χ0) is 23.9. The Morgan fingerprint density at radius 3 is 2.58 bits per heavy atom. The average Bonchev–Trinajstić information content (AvgIpc) is 3.23. The summed E-state index contributed by atoms with van der Waals surface area (Å²) in [7, 11) is -3.95. The van der Waals surface area contributed by atoms with Gasteiger partial charge in [-0.25, -0.2) is 23.1 Å². The van der Waals surface area contributed by atoms with E-state index in [0.717, 1.165) is 18.3 Å². The number of carbonyl (C=O) groups is 2. The number of carbonyl (C=O) groups excluding carboxylic acids is 2. The van der Waals surface area contributed by atoms with Crippen LogP contribution in [0.1, 0.15) is 18.7 Å². The molecule has 2 amide bonds. The molecule has 2 aromatic carbocycles. The summed E-state index contributed by atoms with van der Waals surface area (Å²) in [6, 6.07) is 11.0. The zero-order valence-corrected chi connectivity index (χ0v) is 20.6. The largest absolute Gasteiger partial charge is 0.493 e. The van der Waals surface area contributed by atoms with Crippen LogP contribution in [0.3, 0.4) is 0 Å². The molecule has 2 N–H and O–H groups in total. The van der Waals surface area contributed by atoms with E-state index in [9.17, 15) is 23.1 Å². The molecule has 0 spiro atoms. The van der Waals surface area contributed by atoms with E-state index in [0.29, 0.717) is 42.5 Å². The van der Waals surface area contributed by atoms with Gasteiger partial charge in [0.2, 0.25) is 11.8 Å². The van der Waals surface area contributed by atoms with Gasteiger partial charge in [-0.15, -0.1) is 0 Å². The molecule has 0 atom stereocenters. The fraction of sp³-hybridized carbons (Fsp3) is 0.143. The highest BCUT2D eigenvalue weighted by molar-refractivity contribution is 9.10. The second kappa shape index (κ2) is 8.69. The molecule has 0 radical (unpaired) electrons. The second-order valence-corrected chi connectivity index (χ2v) is 10.5. The summed E-state index contributed by atoms with van der Waals surface area (Å²) in [6.07, 6.45) is 0. The van der Waals surface area contributed by atoms with Gasteiger partial charge in [-0.1, -0.05) is 23.5 Å². The quantitative estimate of drug-likeness (QED) is 0.498. The third kappa shape index (κ3) is 4.28. The molecule has 1 aliphatic rings. The second-order valence-electron chi connectivity index (χ2n) is 6.98. The summed E-state index contributed by atoms with van der Waals surface area (Å²) in [6.45, 7) is 3.33. The molecular weight excluding hydrogens is 532 g/mol. The molecule has 0 bridgehead atoms. The maximum absolute atomic E-state index is 12.7. The van der Waals surface area contributed by atoms with Gasteiger partial charge >= 0.3 is 0 Å². The normalized spacial score (nSPS) is 13.7. The first-order valence-electron chi connectivity index (χ1n) is 9.65. The number of fused-ring (bicyclic) bond motifs is 1. The number of aromatic hydroxyl groups is 1. The monoisotopic (exact) mass is 548 g/mol. The molecule has 0 aliphatic carbocycles. The number of nitrogens with zero attached hydrogens (tertiary/aromatic N) is 3. The fourth-order valence-corrected chi connectivity index (χ4v) is 5.92. The summed E-state index contributed by atoms with van der Waals surface area (Å²) in [5, 5.41) is 12.0. The highest BCUT2D eigenvalue weighted by atomic mass is 79.9. The van der Waals surface area contributed by atoms with E-state index in [1.807, 2.05) is 11.6 Å². The molecule has 0 fully saturated rings. The number of hydrogen-bond acceptors (Lipinski definition) is 7. The molecule has 3 aromatic rings. The van der Waals surface area contributed by atoms with Crippen molar-refractivity contribution in [1.82, 2.24) is 9.29 Å². The Hall–Kier alpha value is -3.09. The van der Waals surface area contributed by atoms with E-state index in [-0.39, 0.29) is 10.8 Å². The van der Waals surface area contributed by atoms with Gasteiger partial charge in [0, 0.05) is 23.2 Å². The molecule has 2 heterocycles. The van der Waals surface area contributed by atoms with E-state index in [2.05, 4.69) is 25.9 Å². The van der Waals surface area contributed by atoms with Gasteiger partial charge in [0.05, 0.1) is 21.5 Å². The van der Waals surface area contributed by atoms with E-state index < -0.39 is 21.8 Å². The minimum atomic E-state index is -3.95. The molecular formula is C21H17BrN4O5S2. The van der Waals surface area contributed by atoms with Crippen molar-refractivity contribution in [2.24, 2.45) is 9.98 Å². The molecule has 0 saturated heterocycles. The highest BCUT2D eigenvalue weighted by Gasteiger charge is 2.26. The number of amides is 2. The number of hydrogen-bond donors (Lipinski definition) is 2. The number of halogens is 1. The van der Waals surface area contributed by atoms with Crippen LogP contribution in [0, 0.1) is 0 Å². The van der Waals surface area contributed by atoms with Crippen LogP contribution in [0.15, 0.2) is 61.8 Å². The average molecular weight is 549 g/mol. The Kier molecular flexibility index (Phi) is 6.08. The molecule has 4 rings (SSSR count). The number of sulfonamides is 1. The first-order valence-corrected chi connectivity index (χ1v) is 12.7. The lowest BCUT2D eigenvalue weighted by Crippen LogP contribution is -2.28. The van der Waals surface area contributed by atoms with Crippen molar-refractivity contribution in [2.75, 3.05) is 0 Å². The predicted molar refractivity (Wildman–Crippen MR) is 125 cm³/mol. The standard InChI is InChI=1S/C21H17BrN4O5S2/c1-3-26-20(29)18(16-14-5-4-6-15(22)17(14)24-19(16)28)32-21(26)23-12-7-9-13(10-8-12)33(30,31)25-11(2)27/h4-10,29H,3H2,1-2H3,(H,25,27). The summed E-state index contributed by atoms with van der Waals surface area (Å²) in [5.74, 6) is -1.23. The number of nitrogens with one attached hydrogen (secondary N) is 1. The first-order chi connectivity index (χ1) is 15.6. The fourth-order valence-electron chi connectivity index (χ4n) is 3.32. The molecule has 12 heteroatoms. The first kappa shape index (κ1) is 23.1. The SMILES string of the molecule is CCn1c(O)c(C2=c3cccc(Br)c3=NC2=O)sc1=Nc1ccc(S(=O)(=O)NC(C)=O)cc1. The predicted octanol–water partition coefficient (Wildman–Crippen LogP) is 1.45. The van der Waals surface area contributed by atoms with Crippen molar-refractivity contribution in [3.05, 3.63) is 67.2 Å². The van der Waals surface area contributed by atoms with E-state index in [1.165, 1.54) is 24.3 Å². The molecule has 9 nitrogen and oxygen atoms in total. The number of aromatic nitrogens is 1. The van der Waals surface area contributed by atoms with Gasteiger partial charge < -0.3 is 5.11 Å². The lowest BCUT2D eigenvalue weighted by molar-refractivity contribution is -0.117. The maximum Gasteiger partial charge on any atom is 0.279 e. The van der Waals surface area contributed by atoms with E-state index in [4.69, 9.17) is 0 Å². The summed E-state index contributed by atoms with van der Waals surface area (Å²) >= 11 is 4.53. The van der Waals surface area contributed by atoms with Crippen LogP contribution in [0.4, 0.5) is 5.69 Å². The minimum Gasteiger partial charge on any atom is -0.493 e. The molecule has 170 valence electrons. The van der Waals surface area contributed by atoms with Crippen LogP contribution in [0.2, 0.25) is 0 Å². The summed E-state index contributed by atoms with van der Waals surface area (Å²) in [5.41, 5.74) is 0.733. The number of benzene rings is 2. The van der Waals surface area contributed by atoms with Gasteiger partial charge in [0.1, 0.15) is 4.88 Å². The van der Waals surface area contributed by atoms with Crippen LogP contribution >= 0.6 is 27.3 Å². The molecule has 1 aromatic heterocycles. The highest BCUT2D eigenvalue weighted by Crippen LogP contribution is 2.29. The van der Waals surface area contributed by atoms with Crippen molar-refractivity contribution in [2.45, 2.75) is 25.3 Å². The lowest BCUT2D eigenvalue weighted by Gasteiger charge is -2.04. The lowest BCUT2D eigenvalue weighted by atomic mass is 10.1. The molecule has 0 saturated carbocycles. The van der Waals surface area contributed by atoms with Gasteiger partial charge in [-0.3, -0.25) is 14.2 Å². The van der Waals surface area contributed by atoms with E-state index >= 15 is 0 Å². The topological polar surface area (TPSA) is 130 Å². The number of rotatable bonds is 5. The van der Waals surface area contributed by atoms with Crippen molar-refractivity contribution >= 4 is 60.4 Å². The van der Waals surface area contributed by atoms with Crippen LogP contribution < -0.4 is 20.1 Å². The van der Waals surface area contributed by atoms with Gasteiger partial charge in [0.25, 0.3) is 15.9 Å². The Balaban J connectivity index is 1.83. The molecule has 1 aliphatic heterocycles. The zero-order valence-electron chi connectivity index (χ0n) is 17.4. The third-order valence-electron chi connectivity index (χ3n) is 4.76. The van der Waals surface area contributed by atoms with Gasteiger partial charge in [0.15, 0.2) is 4.80 Å². The van der Waals surface area contributed by atoms with Crippen molar-refractivity contribution < 1.29 is 23.1 Å². The van der Waals surface area contributed by atoms with Gasteiger partial charge in [-0.2, -0.15) is 0 Å². The Morgan fingerprint density at radius 2 is 1.94 bits per heavy atom. The van der Waals surface area contributed by atoms with Crippen LogP contribution in [-0.4, -0.2) is 29.9 Å². The van der Waals surface area contributed by atoms with E-state index in [1.54, 1.807) is 22.8 Å².